The van der Waals surface area contributed by atoms with E-state index >= 15 is 0 Å². The van der Waals surface area contributed by atoms with Gasteiger partial charge in [0.15, 0.2) is 5.84 Å². The highest BCUT2D eigenvalue weighted by molar-refractivity contribution is 6.06. The van der Waals surface area contributed by atoms with E-state index in [1.54, 1.807) is 0 Å². The molecule has 1 aromatic heterocycles. The number of alkyl halides is 3. The molecule has 5 N–H and O–H groups in total. The molecule has 0 aliphatic heterocycles. The van der Waals surface area contributed by atoms with E-state index in [9.17, 15) is 22.8 Å². The van der Waals surface area contributed by atoms with Crippen LogP contribution in [-0.4, -0.2) is 29.3 Å². The maximum atomic E-state index is 12.8. The summed E-state index contributed by atoms with van der Waals surface area (Å²) in [5.41, 5.74) is 2.68. The first-order valence-electron chi connectivity index (χ1n) is 7.99. The topological polar surface area (TPSA) is 156 Å². The number of ether oxygens (including phenoxy) is 1. The molecule has 10 nitrogen and oxygen atoms in total. The van der Waals surface area contributed by atoms with E-state index < -0.39 is 28.4 Å². The van der Waals surface area contributed by atoms with Crippen LogP contribution < -0.4 is 32.0 Å². The van der Waals surface area contributed by atoms with Crippen LogP contribution in [0.25, 0.3) is 0 Å². The van der Waals surface area contributed by atoms with Crippen molar-refractivity contribution in [2.75, 3.05) is 29.5 Å². The molecular weight excluding hydrogens is 397 g/mol. The minimum absolute atomic E-state index is 0.00365. The number of nitrogens with one attached hydrogen (secondary N) is 3. The van der Waals surface area contributed by atoms with Gasteiger partial charge >= 0.3 is 6.18 Å². The highest BCUT2D eigenvalue weighted by atomic mass is 19.4. The maximum Gasteiger partial charge on any atom is 0.416 e. The van der Waals surface area contributed by atoms with E-state index in [0.29, 0.717) is 0 Å². The Bertz CT molecular complexity index is 1120. The highest BCUT2D eigenvalue weighted by Crippen LogP contribution is 2.30. The van der Waals surface area contributed by atoms with Gasteiger partial charge in [-0.2, -0.15) is 13.2 Å². The summed E-state index contributed by atoms with van der Waals surface area (Å²) in [6.07, 6.45) is -4.53. The Morgan fingerprint density at radius 2 is 2.00 bits per heavy atom. The molecule has 2 aromatic carbocycles. The van der Waals surface area contributed by atoms with Gasteiger partial charge in [-0.1, -0.05) is 6.07 Å². The van der Waals surface area contributed by atoms with Gasteiger partial charge in [0.05, 0.1) is 5.56 Å². The van der Waals surface area contributed by atoms with Crippen LogP contribution in [0.3, 0.4) is 0 Å². The van der Waals surface area contributed by atoms with Crippen LogP contribution >= 0.6 is 0 Å². The second-order valence-electron chi connectivity index (χ2n) is 5.72. The molecule has 0 fully saturated rings. The fourth-order valence-electron chi connectivity index (χ4n) is 2.31. The molecule has 13 heteroatoms. The number of halogens is 3. The second-order valence-corrected chi connectivity index (χ2v) is 5.72. The van der Waals surface area contributed by atoms with Crippen LogP contribution in [0.2, 0.25) is 0 Å². The van der Waals surface area contributed by atoms with Gasteiger partial charge in [0.25, 0.3) is 16.7 Å². The molecule has 0 radical (unpaired) electrons. The summed E-state index contributed by atoms with van der Waals surface area (Å²) >= 11 is 0. The summed E-state index contributed by atoms with van der Waals surface area (Å²) in [7, 11) is 0. The van der Waals surface area contributed by atoms with Crippen LogP contribution in [-0.2, 0) is 6.18 Å². The number of amidine groups is 1. The van der Waals surface area contributed by atoms with Crippen molar-refractivity contribution >= 4 is 22.9 Å². The summed E-state index contributed by atoms with van der Waals surface area (Å²) in [6.45, 7) is 0.0199. The number of rotatable bonds is 7. The van der Waals surface area contributed by atoms with Gasteiger partial charge in [0, 0.05) is 12.2 Å². The zero-order chi connectivity index (χ0) is 21.2. The van der Waals surface area contributed by atoms with Crippen molar-refractivity contribution in [3.63, 3.8) is 0 Å². The second kappa shape index (κ2) is 7.61. The standard InChI is InChI=1S/C16H13F3N6O4/c17-16(18,19)7-2-1-3-8(6-7)23-14(21)11-15(25-29-24-11)28-5-4-22-10-9(20)12(26)13(10)27/h1-3,6,22H,4-5,20H2,(H2,21,23). The third-order valence-corrected chi connectivity index (χ3v) is 3.74. The molecule has 29 heavy (non-hydrogen) atoms. The lowest BCUT2D eigenvalue weighted by Crippen LogP contribution is -2.37. The molecule has 0 aliphatic rings. The Balaban J connectivity index is 1.59. The Morgan fingerprint density at radius 3 is 2.69 bits per heavy atom. The smallest absolute Gasteiger partial charge is 0.416 e. The number of nitrogens with zero attached hydrogens (tertiary/aromatic N) is 2. The van der Waals surface area contributed by atoms with Crippen LogP contribution in [0.1, 0.15) is 11.3 Å². The lowest BCUT2D eigenvalue weighted by atomic mass is 10.2. The molecule has 0 atom stereocenters. The van der Waals surface area contributed by atoms with Gasteiger partial charge in [-0.25, -0.2) is 4.63 Å². The number of nitrogen functional groups attached to an aromatic ring is 1. The summed E-state index contributed by atoms with van der Waals surface area (Å²) in [6, 6.07) is 4.27. The van der Waals surface area contributed by atoms with Crippen LogP contribution in [0.5, 0.6) is 5.88 Å². The number of hydrogen-bond acceptors (Lipinski definition) is 9. The molecule has 3 aromatic rings. The van der Waals surface area contributed by atoms with Crippen molar-refractivity contribution in [1.29, 1.82) is 5.41 Å². The zero-order valence-corrected chi connectivity index (χ0v) is 14.5. The van der Waals surface area contributed by atoms with Crippen molar-refractivity contribution in [2.45, 2.75) is 6.18 Å². The Morgan fingerprint density at radius 1 is 1.24 bits per heavy atom. The normalized spacial score (nSPS) is 11.4. The van der Waals surface area contributed by atoms with E-state index in [2.05, 4.69) is 25.6 Å². The van der Waals surface area contributed by atoms with Crippen LogP contribution in [0, 0.1) is 5.41 Å². The fourth-order valence-corrected chi connectivity index (χ4v) is 2.31. The number of aromatic nitrogens is 2. The first kappa shape index (κ1) is 19.9. The van der Waals surface area contributed by atoms with Gasteiger partial charge in [0.2, 0.25) is 5.69 Å². The molecule has 0 aliphatic carbocycles. The molecular formula is C16H13F3N6O4. The van der Waals surface area contributed by atoms with Crippen molar-refractivity contribution in [3.05, 3.63) is 56.0 Å². The molecule has 1 heterocycles. The third-order valence-electron chi connectivity index (χ3n) is 3.74. The van der Waals surface area contributed by atoms with Crippen LogP contribution in [0.15, 0.2) is 38.5 Å². The Kier molecular flexibility index (Phi) is 5.21. The first-order chi connectivity index (χ1) is 13.7. The molecule has 0 saturated heterocycles. The first-order valence-corrected chi connectivity index (χ1v) is 7.99. The third kappa shape index (κ3) is 4.17. The molecule has 152 valence electrons. The number of anilines is 3. The van der Waals surface area contributed by atoms with Crippen LogP contribution in [0.4, 0.5) is 30.2 Å². The molecule has 0 unspecified atom stereocenters. The summed E-state index contributed by atoms with van der Waals surface area (Å²) in [4.78, 5) is 22.3. The largest absolute Gasteiger partial charge is 0.472 e. The quantitative estimate of drug-likeness (QED) is 0.194. The monoisotopic (exact) mass is 410 g/mol. The Hall–Kier alpha value is -3.90. The molecule has 3 rings (SSSR count). The van der Waals surface area contributed by atoms with Gasteiger partial charge in [0.1, 0.15) is 18.0 Å². The minimum Gasteiger partial charge on any atom is -0.472 e. The van der Waals surface area contributed by atoms with Crippen molar-refractivity contribution < 1.29 is 22.5 Å². The van der Waals surface area contributed by atoms with Gasteiger partial charge in [-0.3, -0.25) is 15.0 Å². The fraction of sp³-hybridized carbons (Fsp3) is 0.188. The molecule has 0 saturated carbocycles. The average molecular weight is 410 g/mol. The average Bonchev–Trinajstić information content (AvgIpc) is 3.15. The minimum atomic E-state index is -4.53. The van der Waals surface area contributed by atoms with Gasteiger partial charge in [-0.15, -0.1) is 0 Å². The van der Waals surface area contributed by atoms with E-state index in [4.69, 9.17) is 15.9 Å². The van der Waals surface area contributed by atoms with Gasteiger partial charge < -0.3 is 21.1 Å². The lowest BCUT2D eigenvalue weighted by Gasteiger charge is -2.11. The summed E-state index contributed by atoms with van der Waals surface area (Å²) in [5.74, 6) is -0.588. The molecule has 0 bridgehead atoms. The van der Waals surface area contributed by atoms with E-state index in [1.807, 2.05) is 0 Å². The molecule has 0 amide bonds. The highest BCUT2D eigenvalue weighted by Gasteiger charge is 2.30. The number of nitrogens with two attached hydrogens (primary N) is 1. The van der Waals surface area contributed by atoms with Crippen molar-refractivity contribution in [1.82, 2.24) is 10.3 Å². The zero-order valence-electron chi connectivity index (χ0n) is 14.5. The Labute approximate surface area is 159 Å². The van der Waals surface area contributed by atoms with Gasteiger partial charge in [-0.05, 0) is 28.5 Å². The van der Waals surface area contributed by atoms with E-state index in [0.717, 1.165) is 12.1 Å². The van der Waals surface area contributed by atoms with Crippen molar-refractivity contribution in [3.8, 4) is 5.88 Å². The summed E-state index contributed by atoms with van der Waals surface area (Å²) in [5, 5.41) is 20.0. The molecule has 0 spiro atoms. The predicted octanol–water partition coefficient (Wildman–Crippen LogP) is 1.19. The van der Waals surface area contributed by atoms with E-state index in [1.165, 1.54) is 12.1 Å². The summed E-state index contributed by atoms with van der Waals surface area (Å²) < 4.78 is 48.1. The van der Waals surface area contributed by atoms with Crippen molar-refractivity contribution in [2.24, 2.45) is 0 Å². The van der Waals surface area contributed by atoms with E-state index in [-0.39, 0.29) is 41.8 Å². The predicted molar refractivity (Wildman–Crippen MR) is 95.9 cm³/mol. The number of hydrogen-bond donors (Lipinski definition) is 4. The lowest BCUT2D eigenvalue weighted by molar-refractivity contribution is -0.137. The number of benzene rings is 1. The SMILES string of the molecule is N=C(Nc1cccc(C(F)(F)F)c1)c1nonc1OCCNc1c(N)c(=O)c1=O. The maximum absolute atomic E-state index is 12.8.